The second-order valence-electron chi connectivity index (χ2n) is 4.46. The fraction of sp³-hybridized carbons (Fsp3) is 0.455. The number of nitrogens with one attached hydrogen (secondary N) is 2. The summed E-state index contributed by atoms with van der Waals surface area (Å²) in [5, 5.41) is 16.7. The third kappa shape index (κ3) is 2.64. The molecule has 0 unspecified atom stereocenters. The molecule has 1 aliphatic heterocycles. The van der Waals surface area contributed by atoms with E-state index in [0.29, 0.717) is 18.3 Å². The fourth-order valence-electron chi connectivity index (χ4n) is 1.75. The largest absolute Gasteiger partial charge is 0.344 e. The minimum atomic E-state index is -0.216. The van der Waals surface area contributed by atoms with Crippen molar-refractivity contribution in [1.29, 1.82) is 0 Å². The molecule has 0 radical (unpaired) electrons. The highest BCUT2D eigenvalue weighted by molar-refractivity contribution is 7.09. The van der Waals surface area contributed by atoms with Gasteiger partial charge in [-0.05, 0) is 6.92 Å². The Morgan fingerprint density at radius 1 is 1.63 bits per heavy atom. The standard InChI is InChI=1S/C11H14N6OS/c1-7-6-19-10(14-7)4-13-11(18)9-5-17(16-15-9)8-2-12-3-8/h5-6,8,12H,2-4H2,1H3,(H,13,18). The van der Waals surface area contributed by atoms with Crippen molar-refractivity contribution in [3.8, 4) is 0 Å². The van der Waals surface area contributed by atoms with Gasteiger partial charge in [0, 0.05) is 24.2 Å². The quantitative estimate of drug-likeness (QED) is 0.829. The summed E-state index contributed by atoms with van der Waals surface area (Å²) in [5.74, 6) is -0.216. The van der Waals surface area contributed by atoms with Gasteiger partial charge in [0.1, 0.15) is 5.01 Å². The van der Waals surface area contributed by atoms with Gasteiger partial charge in [-0.25, -0.2) is 9.67 Å². The van der Waals surface area contributed by atoms with Crippen LogP contribution in [0.2, 0.25) is 0 Å². The van der Waals surface area contributed by atoms with Crippen LogP contribution in [0.5, 0.6) is 0 Å². The summed E-state index contributed by atoms with van der Waals surface area (Å²) >= 11 is 1.53. The van der Waals surface area contributed by atoms with Crippen LogP contribution < -0.4 is 10.6 Å². The normalized spacial score (nSPS) is 15.2. The number of aromatic nitrogens is 4. The van der Waals surface area contributed by atoms with Gasteiger partial charge in [0.25, 0.3) is 5.91 Å². The number of hydrogen-bond acceptors (Lipinski definition) is 6. The van der Waals surface area contributed by atoms with Crippen molar-refractivity contribution in [2.75, 3.05) is 13.1 Å². The van der Waals surface area contributed by atoms with Crippen LogP contribution in [-0.2, 0) is 6.54 Å². The molecule has 0 aromatic carbocycles. The minimum absolute atomic E-state index is 0.216. The molecule has 100 valence electrons. The third-order valence-corrected chi connectivity index (χ3v) is 3.91. The Labute approximate surface area is 114 Å². The molecular formula is C11H14N6OS. The second-order valence-corrected chi connectivity index (χ2v) is 5.40. The van der Waals surface area contributed by atoms with E-state index >= 15 is 0 Å². The van der Waals surface area contributed by atoms with Crippen molar-refractivity contribution < 1.29 is 4.79 Å². The first-order chi connectivity index (χ1) is 9.22. The zero-order chi connectivity index (χ0) is 13.2. The zero-order valence-electron chi connectivity index (χ0n) is 10.5. The molecule has 8 heteroatoms. The average Bonchev–Trinajstić information content (AvgIpc) is 2.93. The molecule has 1 fully saturated rings. The molecule has 2 aromatic heterocycles. The average molecular weight is 278 g/mol. The van der Waals surface area contributed by atoms with Crippen LogP contribution in [0.4, 0.5) is 0 Å². The third-order valence-electron chi connectivity index (χ3n) is 2.94. The van der Waals surface area contributed by atoms with Gasteiger partial charge in [0.2, 0.25) is 0 Å². The minimum Gasteiger partial charge on any atom is -0.344 e. The van der Waals surface area contributed by atoms with Gasteiger partial charge < -0.3 is 10.6 Å². The first-order valence-corrected chi connectivity index (χ1v) is 6.92. The van der Waals surface area contributed by atoms with E-state index in [4.69, 9.17) is 0 Å². The molecule has 1 amide bonds. The van der Waals surface area contributed by atoms with E-state index in [9.17, 15) is 4.79 Å². The molecule has 1 saturated heterocycles. The Bertz CT molecular complexity index is 588. The lowest BCUT2D eigenvalue weighted by Crippen LogP contribution is -2.43. The Morgan fingerprint density at radius 3 is 3.11 bits per heavy atom. The lowest BCUT2D eigenvalue weighted by molar-refractivity contribution is 0.0945. The molecular weight excluding hydrogens is 264 g/mol. The van der Waals surface area contributed by atoms with Crippen LogP contribution in [0, 0.1) is 6.92 Å². The van der Waals surface area contributed by atoms with Crippen molar-refractivity contribution in [2.24, 2.45) is 0 Å². The number of carbonyl (C=O) groups is 1. The molecule has 19 heavy (non-hydrogen) atoms. The van der Waals surface area contributed by atoms with Crippen molar-refractivity contribution in [3.05, 3.63) is 28.0 Å². The van der Waals surface area contributed by atoms with Crippen molar-refractivity contribution in [2.45, 2.75) is 19.5 Å². The van der Waals surface area contributed by atoms with Gasteiger partial charge in [-0.2, -0.15) is 0 Å². The summed E-state index contributed by atoms with van der Waals surface area (Å²) < 4.78 is 1.74. The lowest BCUT2D eigenvalue weighted by Gasteiger charge is -2.26. The van der Waals surface area contributed by atoms with Gasteiger partial charge in [-0.3, -0.25) is 4.79 Å². The molecule has 2 aromatic rings. The van der Waals surface area contributed by atoms with E-state index in [2.05, 4.69) is 25.9 Å². The Balaban J connectivity index is 1.58. The summed E-state index contributed by atoms with van der Waals surface area (Å²) in [6.07, 6.45) is 1.69. The van der Waals surface area contributed by atoms with Crippen LogP contribution >= 0.6 is 11.3 Å². The molecule has 3 heterocycles. The van der Waals surface area contributed by atoms with Crippen LogP contribution in [-0.4, -0.2) is 39.0 Å². The maximum absolute atomic E-state index is 11.9. The number of hydrogen-bond donors (Lipinski definition) is 2. The number of nitrogens with zero attached hydrogens (tertiary/aromatic N) is 4. The highest BCUT2D eigenvalue weighted by atomic mass is 32.1. The predicted molar refractivity (Wildman–Crippen MR) is 69.9 cm³/mol. The smallest absolute Gasteiger partial charge is 0.273 e. The predicted octanol–water partition coefficient (Wildman–Crippen LogP) is 0.117. The summed E-state index contributed by atoms with van der Waals surface area (Å²) in [6.45, 7) is 4.11. The van der Waals surface area contributed by atoms with Crippen LogP contribution in [0.1, 0.15) is 27.2 Å². The van der Waals surface area contributed by atoms with Crippen molar-refractivity contribution in [3.63, 3.8) is 0 Å². The van der Waals surface area contributed by atoms with Gasteiger partial charge in [0.15, 0.2) is 5.69 Å². The second kappa shape index (κ2) is 5.06. The summed E-state index contributed by atoms with van der Waals surface area (Å²) in [7, 11) is 0. The Morgan fingerprint density at radius 2 is 2.47 bits per heavy atom. The molecule has 2 N–H and O–H groups in total. The highest BCUT2D eigenvalue weighted by Crippen LogP contribution is 2.10. The number of amides is 1. The molecule has 0 bridgehead atoms. The molecule has 7 nitrogen and oxygen atoms in total. The summed E-state index contributed by atoms with van der Waals surface area (Å²) in [5.41, 5.74) is 1.32. The maximum Gasteiger partial charge on any atom is 0.273 e. The number of carbonyl (C=O) groups excluding carboxylic acids is 1. The van der Waals surface area contributed by atoms with Gasteiger partial charge in [-0.1, -0.05) is 5.21 Å². The first-order valence-electron chi connectivity index (χ1n) is 6.04. The van der Waals surface area contributed by atoms with E-state index < -0.39 is 0 Å². The van der Waals surface area contributed by atoms with E-state index in [1.54, 1.807) is 10.9 Å². The monoisotopic (exact) mass is 278 g/mol. The highest BCUT2D eigenvalue weighted by Gasteiger charge is 2.21. The van der Waals surface area contributed by atoms with Crippen molar-refractivity contribution >= 4 is 17.2 Å². The molecule has 0 aliphatic carbocycles. The lowest BCUT2D eigenvalue weighted by atomic mass is 10.2. The Hall–Kier alpha value is -1.80. The van der Waals surface area contributed by atoms with Gasteiger partial charge in [-0.15, -0.1) is 16.4 Å². The van der Waals surface area contributed by atoms with E-state index in [0.717, 1.165) is 23.8 Å². The molecule has 3 rings (SSSR count). The molecule has 1 aliphatic rings. The van der Waals surface area contributed by atoms with E-state index in [1.807, 2.05) is 12.3 Å². The summed E-state index contributed by atoms with van der Waals surface area (Å²) in [4.78, 5) is 16.2. The van der Waals surface area contributed by atoms with Gasteiger partial charge >= 0.3 is 0 Å². The van der Waals surface area contributed by atoms with E-state index in [-0.39, 0.29) is 5.91 Å². The van der Waals surface area contributed by atoms with Crippen LogP contribution in [0.25, 0.3) is 0 Å². The summed E-state index contributed by atoms with van der Waals surface area (Å²) in [6, 6.07) is 0.315. The van der Waals surface area contributed by atoms with Crippen LogP contribution in [0.3, 0.4) is 0 Å². The molecule has 0 saturated carbocycles. The molecule has 0 spiro atoms. The van der Waals surface area contributed by atoms with Crippen LogP contribution in [0.15, 0.2) is 11.6 Å². The molecule has 0 atom stereocenters. The SMILES string of the molecule is Cc1csc(CNC(=O)c2cn(C3CNC3)nn2)n1. The zero-order valence-corrected chi connectivity index (χ0v) is 11.3. The Kier molecular flexibility index (Phi) is 3.26. The topological polar surface area (TPSA) is 84.7 Å². The maximum atomic E-state index is 11.9. The number of rotatable bonds is 4. The number of thiazole rings is 1. The van der Waals surface area contributed by atoms with Crippen molar-refractivity contribution in [1.82, 2.24) is 30.6 Å². The number of aryl methyl sites for hydroxylation is 1. The van der Waals surface area contributed by atoms with E-state index in [1.165, 1.54) is 11.3 Å². The fourth-order valence-corrected chi connectivity index (χ4v) is 2.46. The van der Waals surface area contributed by atoms with Gasteiger partial charge in [0.05, 0.1) is 18.8 Å². The first kappa shape index (κ1) is 12.2.